The van der Waals surface area contributed by atoms with Crippen molar-refractivity contribution in [1.29, 1.82) is 0 Å². The van der Waals surface area contributed by atoms with E-state index in [0.29, 0.717) is 0 Å². The normalized spacial score (nSPS) is 21.8. The van der Waals surface area contributed by atoms with Gasteiger partial charge >= 0.3 is 33.1 Å². The molecule has 1 fully saturated rings. The number of nitrogens with zero attached hydrogens (tertiary/aromatic N) is 1. The number of hydrogen-bond donors (Lipinski definition) is 3. The Labute approximate surface area is 311 Å². The number of para-hydroxylation sites is 2. The van der Waals surface area contributed by atoms with Crippen molar-refractivity contribution in [3.05, 3.63) is 93.3 Å². The minimum absolute atomic E-state index is 0.0103. The number of ether oxygens (including phenoxy) is 3. The van der Waals surface area contributed by atoms with Gasteiger partial charge in [-0.1, -0.05) is 36.4 Å². The molecule has 0 spiro atoms. The highest BCUT2D eigenvalue weighted by atomic mass is 31.2. The fraction of sp³-hybridized carbons (Fsp3) is 0.471. The maximum Gasteiger partial charge on any atom is 0.459 e. The van der Waals surface area contributed by atoms with E-state index in [1.54, 1.807) is 64.1 Å². The van der Waals surface area contributed by atoms with Gasteiger partial charge in [-0.05, 0) is 72.7 Å². The van der Waals surface area contributed by atoms with E-state index in [-0.39, 0.29) is 17.1 Å². The van der Waals surface area contributed by atoms with Crippen LogP contribution in [0.3, 0.4) is 0 Å². The predicted octanol–water partition coefficient (Wildman–Crippen LogP) is 4.72. The van der Waals surface area contributed by atoms with Gasteiger partial charge in [-0.25, -0.2) is 18.3 Å². The third-order valence-corrected chi connectivity index (χ3v) is 10.7. The molecule has 17 nitrogen and oxygen atoms in total. The Kier molecular flexibility index (Phi) is 14.6. The molecule has 0 aliphatic carbocycles. The Bertz CT molecular complexity index is 1950. The molecule has 0 saturated carbocycles. The van der Waals surface area contributed by atoms with Crippen LogP contribution in [0.4, 0.5) is 4.39 Å². The monoisotopic (exact) mass is 798 g/mol. The molecule has 2 aromatic carbocycles. The Morgan fingerprint density at radius 2 is 1.31 bits per heavy atom. The average molecular weight is 799 g/mol. The SMILES string of the molecule is Cc1cn([C@H]2O[C@@H](COP(=O)(N[C@@H](C)C(=O)OC(C)C)Oc3ccccc3)[C@H](OP(=O)(N[C@@H](C)C(=O)OC(C)C)Oc3ccccc3)[C@H]2F)c(=O)[nH]c1=O. The molecule has 2 unspecified atom stereocenters. The van der Waals surface area contributed by atoms with E-state index < -0.39 is 94.2 Å². The molecule has 1 aromatic heterocycles. The first-order chi connectivity index (χ1) is 25.4. The van der Waals surface area contributed by atoms with Crippen LogP contribution in [-0.2, 0) is 42.0 Å². The van der Waals surface area contributed by atoms with Crippen LogP contribution < -0.4 is 30.5 Å². The second-order valence-electron chi connectivity index (χ2n) is 12.8. The summed E-state index contributed by atoms with van der Waals surface area (Å²) in [5.41, 5.74) is -1.73. The number of aryl methyl sites for hydroxylation is 1. The first-order valence-corrected chi connectivity index (χ1v) is 20.1. The van der Waals surface area contributed by atoms with Gasteiger partial charge in [0.1, 0.15) is 35.8 Å². The summed E-state index contributed by atoms with van der Waals surface area (Å²) >= 11 is 0. The highest BCUT2D eigenvalue weighted by molar-refractivity contribution is 7.52. The van der Waals surface area contributed by atoms with Crippen LogP contribution in [0.2, 0.25) is 0 Å². The lowest BCUT2D eigenvalue weighted by Crippen LogP contribution is -2.41. The van der Waals surface area contributed by atoms with Crippen LogP contribution in [0.25, 0.3) is 0 Å². The van der Waals surface area contributed by atoms with E-state index >= 15 is 4.39 Å². The van der Waals surface area contributed by atoms with Crippen molar-refractivity contribution >= 4 is 27.4 Å². The Morgan fingerprint density at radius 1 is 0.833 bits per heavy atom. The molecule has 1 saturated heterocycles. The van der Waals surface area contributed by atoms with Gasteiger partial charge in [0, 0.05) is 11.8 Å². The summed E-state index contributed by atoms with van der Waals surface area (Å²) in [6, 6.07) is 12.9. The summed E-state index contributed by atoms with van der Waals surface area (Å²) in [6.07, 6.45) is -7.69. The van der Waals surface area contributed by atoms with Gasteiger partial charge in [-0.2, -0.15) is 10.2 Å². The lowest BCUT2D eigenvalue weighted by molar-refractivity contribution is -0.150. The highest BCUT2D eigenvalue weighted by Crippen LogP contribution is 2.51. The Balaban J connectivity index is 1.72. The van der Waals surface area contributed by atoms with Crippen LogP contribution in [0, 0.1) is 6.92 Å². The number of esters is 2. The molecule has 3 aromatic rings. The van der Waals surface area contributed by atoms with Crippen molar-refractivity contribution in [1.82, 2.24) is 19.7 Å². The van der Waals surface area contributed by atoms with Crippen molar-refractivity contribution in [2.45, 2.75) is 97.4 Å². The topological polar surface area (TPSA) is 212 Å². The van der Waals surface area contributed by atoms with Gasteiger partial charge in [0.05, 0.1) is 18.8 Å². The smallest absolute Gasteiger partial charge is 0.459 e. The number of rotatable bonds is 18. The van der Waals surface area contributed by atoms with Crippen molar-refractivity contribution in [2.75, 3.05) is 6.61 Å². The van der Waals surface area contributed by atoms with Crippen LogP contribution in [0.1, 0.15) is 53.3 Å². The quantitative estimate of drug-likeness (QED) is 0.117. The van der Waals surface area contributed by atoms with Gasteiger partial charge in [0.2, 0.25) is 0 Å². The fourth-order valence-corrected chi connectivity index (χ4v) is 8.15. The number of nitrogens with one attached hydrogen (secondary N) is 3. The number of aromatic amines is 1. The van der Waals surface area contributed by atoms with Crippen LogP contribution in [-0.4, -0.2) is 70.8 Å². The van der Waals surface area contributed by atoms with E-state index in [9.17, 15) is 28.3 Å². The largest absolute Gasteiger partial charge is 0.462 e. The van der Waals surface area contributed by atoms with Crippen molar-refractivity contribution < 1.29 is 55.4 Å². The zero-order chi connectivity index (χ0) is 39.8. The molecule has 1 aliphatic heterocycles. The Hall–Kier alpha value is -4.15. The zero-order valence-corrected chi connectivity index (χ0v) is 32.5. The minimum Gasteiger partial charge on any atom is -0.462 e. The molecule has 0 amide bonds. The van der Waals surface area contributed by atoms with E-state index in [2.05, 4.69) is 15.2 Å². The number of hydrogen-bond acceptors (Lipinski definition) is 13. The molecule has 0 radical (unpaired) electrons. The maximum absolute atomic E-state index is 16.7. The molecule has 296 valence electrons. The minimum atomic E-state index is -4.78. The summed E-state index contributed by atoms with van der Waals surface area (Å²) < 4.78 is 85.6. The lowest BCUT2D eigenvalue weighted by atomic mass is 10.1. The maximum atomic E-state index is 16.7. The van der Waals surface area contributed by atoms with E-state index in [4.69, 9.17) is 32.3 Å². The van der Waals surface area contributed by atoms with Gasteiger partial charge in [-0.3, -0.25) is 33.0 Å². The summed E-state index contributed by atoms with van der Waals surface area (Å²) in [7, 11) is -9.35. The van der Waals surface area contributed by atoms with Crippen LogP contribution >= 0.6 is 15.5 Å². The third kappa shape index (κ3) is 11.7. The zero-order valence-electron chi connectivity index (χ0n) is 30.7. The predicted molar refractivity (Wildman–Crippen MR) is 193 cm³/mol. The number of carbonyl (C=O) groups is 2. The number of alkyl halides is 1. The summed E-state index contributed by atoms with van der Waals surface area (Å²) in [6.45, 7) is 9.72. The summed E-state index contributed by atoms with van der Waals surface area (Å²) in [5, 5.41) is 4.98. The van der Waals surface area contributed by atoms with Gasteiger partial charge in [0.25, 0.3) is 5.56 Å². The first-order valence-electron chi connectivity index (χ1n) is 17.0. The van der Waals surface area contributed by atoms with E-state index in [1.807, 2.05) is 0 Å². The fourth-order valence-electron chi connectivity index (χ4n) is 4.94. The molecular weight excluding hydrogens is 753 g/mol. The van der Waals surface area contributed by atoms with Gasteiger partial charge < -0.3 is 23.3 Å². The highest BCUT2D eigenvalue weighted by Gasteiger charge is 2.52. The Morgan fingerprint density at radius 3 is 1.81 bits per heavy atom. The number of halogens is 1. The molecule has 3 N–H and O–H groups in total. The summed E-state index contributed by atoms with van der Waals surface area (Å²) in [4.78, 5) is 52.5. The second-order valence-corrected chi connectivity index (χ2v) is 16.2. The third-order valence-electron chi connectivity index (χ3n) is 7.41. The van der Waals surface area contributed by atoms with Crippen LogP contribution in [0.15, 0.2) is 76.4 Å². The summed E-state index contributed by atoms with van der Waals surface area (Å²) in [5.74, 6) is -1.53. The van der Waals surface area contributed by atoms with Crippen molar-refractivity contribution in [2.24, 2.45) is 0 Å². The van der Waals surface area contributed by atoms with Crippen LogP contribution in [0.5, 0.6) is 11.5 Å². The number of carbonyl (C=O) groups excluding carboxylic acids is 2. The van der Waals surface area contributed by atoms with Crippen molar-refractivity contribution in [3.8, 4) is 11.5 Å². The standard InChI is InChI=1S/C34H45FN4O13P2/c1-20(2)47-32(41)23(6)37-53(44,50-25-14-10-8-11-15-25)46-19-27-29(28(35)31(49-27)39-18-22(5)30(40)36-34(39)43)52-54(45,51-26-16-12-9-13-17-26)38-24(7)33(42)48-21(3)4/h8-18,20-21,23-24,27-29,31H,19H2,1-7H3,(H,37,44)(H,38,45)(H,36,40,43)/t23-,24-,27-,28+,29-,31-,53?,54?/m0/s1. The molecule has 54 heavy (non-hydrogen) atoms. The number of benzene rings is 2. The first kappa shape index (κ1) is 42.6. The van der Waals surface area contributed by atoms with Gasteiger partial charge in [0.15, 0.2) is 12.4 Å². The molecule has 8 atom stereocenters. The molecule has 2 heterocycles. The van der Waals surface area contributed by atoms with E-state index in [1.165, 1.54) is 45.0 Å². The molecule has 20 heteroatoms. The molecule has 0 bridgehead atoms. The average Bonchev–Trinajstić information content (AvgIpc) is 3.39. The lowest BCUT2D eigenvalue weighted by Gasteiger charge is -2.29. The van der Waals surface area contributed by atoms with E-state index in [0.717, 1.165) is 10.8 Å². The molecule has 1 aliphatic rings. The van der Waals surface area contributed by atoms with Crippen molar-refractivity contribution in [3.63, 3.8) is 0 Å². The molecule has 4 rings (SSSR count). The number of H-pyrrole nitrogens is 1. The number of aromatic nitrogens is 2. The van der Waals surface area contributed by atoms with Gasteiger partial charge in [-0.15, -0.1) is 0 Å². The molecular formula is C34H45FN4O13P2. The second kappa shape index (κ2) is 18.5.